The molecule has 0 aliphatic carbocycles. The molecule has 0 unspecified atom stereocenters. The highest BCUT2D eigenvalue weighted by atomic mass is 35.5. The number of benzene rings is 2. The second-order valence-electron chi connectivity index (χ2n) is 9.59. The normalized spacial score (nSPS) is 10.7. The Morgan fingerprint density at radius 2 is 1.57 bits per heavy atom. The van der Waals surface area contributed by atoms with Gasteiger partial charge in [-0.2, -0.15) is 13.2 Å². The van der Waals surface area contributed by atoms with Crippen LogP contribution in [0.4, 0.5) is 46.7 Å². The van der Waals surface area contributed by atoms with E-state index in [0.29, 0.717) is 17.2 Å². The van der Waals surface area contributed by atoms with Crippen LogP contribution in [0.15, 0.2) is 49.3 Å². The minimum Gasteiger partial charge on any atom is -0.495 e. The number of rotatable bonds is 11. The number of ether oxygens (including phenoxy) is 2. The van der Waals surface area contributed by atoms with Gasteiger partial charge in [0.2, 0.25) is 5.91 Å². The molecule has 0 fully saturated rings. The van der Waals surface area contributed by atoms with Crippen molar-refractivity contribution in [3.63, 3.8) is 0 Å². The third-order valence-corrected chi connectivity index (χ3v) is 6.74. The van der Waals surface area contributed by atoms with Gasteiger partial charge in [-0.1, -0.05) is 35.8 Å². The molecule has 0 aliphatic rings. The van der Waals surface area contributed by atoms with Gasteiger partial charge in [0, 0.05) is 25.7 Å². The summed E-state index contributed by atoms with van der Waals surface area (Å²) in [6.07, 6.45) is -1.78. The molecule has 254 valence electrons. The lowest BCUT2D eigenvalue weighted by Gasteiger charge is -2.20. The number of carbonyl (C=O) groups is 3. The maximum atomic E-state index is 13.1. The molecule has 18 heteroatoms. The van der Waals surface area contributed by atoms with Crippen molar-refractivity contribution in [2.24, 2.45) is 0 Å². The summed E-state index contributed by atoms with van der Waals surface area (Å²) in [5.41, 5.74) is 2.33. The first-order valence-electron chi connectivity index (χ1n) is 13.3. The van der Waals surface area contributed by atoms with Crippen molar-refractivity contribution in [1.29, 1.82) is 0 Å². The second-order valence-corrected chi connectivity index (χ2v) is 10.3. The lowest BCUT2D eigenvalue weighted by atomic mass is 10.1. The summed E-state index contributed by atoms with van der Waals surface area (Å²) in [7, 11) is 8.39. The van der Waals surface area contributed by atoms with E-state index in [1.54, 1.807) is 6.07 Å². The van der Waals surface area contributed by atoms with E-state index in [-0.39, 0.29) is 39.0 Å². The van der Waals surface area contributed by atoms with E-state index in [0.717, 1.165) is 18.5 Å². The van der Waals surface area contributed by atoms with Gasteiger partial charge >= 0.3 is 18.2 Å². The van der Waals surface area contributed by atoms with Gasteiger partial charge in [-0.15, -0.1) is 0 Å². The van der Waals surface area contributed by atoms with E-state index < -0.39 is 18.2 Å². The number of hydrogen-bond acceptors (Lipinski definition) is 9. The summed E-state index contributed by atoms with van der Waals surface area (Å²) in [6.45, 7) is 4.38. The Morgan fingerprint density at radius 3 is 2.09 bits per heavy atom. The van der Waals surface area contributed by atoms with Crippen LogP contribution in [0.3, 0.4) is 0 Å². The predicted octanol–water partition coefficient (Wildman–Crippen LogP) is 6.07. The number of amides is 3. The van der Waals surface area contributed by atoms with Gasteiger partial charge in [-0.05, 0) is 44.3 Å². The summed E-state index contributed by atoms with van der Waals surface area (Å²) < 4.78 is 42.2. The Morgan fingerprint density at radius 1 is 0.979 bits per heavy atom. The number of carboxylic acids is 1. The highest BCUT2D eigenvalue weighted by Crippen LogP contribution is 2.44. The quantitative estimate of drug-likeness (QED) is 0.173. The Balaban J connectivity index is 0.000000984. The van der Waals surface area contributed by atoms with Crippen LogP contribution in [-0.2, 0) is 16.0 Å². The molecule has 0 aliphatic heterocycles. The lowest BCUT2D eigenvalue weighted by molar-refractivity contribution is -0.192. The smallest absolute Gasteiger partial charge is 0.490 e. The molecule has 3 aromatic rings. The van der Waals surface area contributed by atoms with E-state index >= 15 is 0 Å². The summed E-state index contributed by atoms with van der Waals surface area (Å²) in [5, 5.41) is 16.0. The average molecular weight is 703 g/mol. The summed E-state index contributed by atoms with van der Waals surface area (Å²) in [4.78, 5) is 45.9. The number of nitrogens with zero attached hydrogens (tertiary/aromatic N) is 4. The van der Waals surface area contributed by atoms with Gasteiger partial charge in [-0.3, -0.25) is 9.69 Å². The number of methoxy groups -OCH3 is 2. The molecule has 0 spiro atoms. The Kier molecular flexibility index (Phi) is 14.1. The van der Waals surface area contributed by atoms with Gasteiger partial charge in [0.05, 0.1) is 31.3 Å². The van der Waals surface area contributed by atoms with E-state index in [4.69, 9.17) is 42.6 Å². The fourth-order valence-corrected chi connectivity index (χ4v) is 4.12. The van der Waals surface area contributed by atoms with Crippen molar-refractivity contribution in [2.75, 3.05) is 62.8 Å². The van der Waals surface area contributed by atoms with Crippen LogP contribution in [0.25, 0.3) is 0 Å². The third-order valence-electron chi connectivity index (χ3n) is 5.99. The van der Waals surface area contributed by atoms with Crippen LogP contribution in [0.5, 0.6) is 11.5 Å². The van der Waals surface area contributed by atoms with Crippen LogP contribution < -0.4 is 30.3 Å². The molecule has 2 aromatic carbocycles. The number of carbonyl (C=O) groups excluding carboxylic acids is 2. The summed E-state index contributed by atoms with van der Waals surface area (Å²) in [5.74, 6) is -1.88. The maximum absolute atomic E-state index is 13.1. The zero-order valence-electron chi connectivity index (χ0n) is 25.8. The van der Waals surface area contributed by atoms with Gasteiger partial charge < -0.3 is 35.4 Å². The first-order valence-corrected chi connectivity index (χ1v) is 14.0. The molecule has 3 amide bonds. The van der Waals surface area contributed by atoms with Crippen LogP contribution in [-0.4, -0.2) is 86.0 Å². The Bertz CT molecular complexity index is 1580. The molecule has 0 bridgehead atoms. The molecule has 1 aromatic heterocycles. The minimum atomic E-state index is -5.08. The third kappa shape index (κ3) is 11.2. The average Bonchev–Trinajstić information content (AvgIpc) is 3.02. The molecule has 0 saturated carbocycles. The fourth-order valence-electron chi connectivity index (χ4n) is 3.52. The highest BCUT2D eigenvalue weighted by molar-refractivity contribution is 6.41. The number of nitrogens with one attached hydrogen (secondary N) is 3. The van der Waals surface area contributed by atoms with Crippen molar-refractivity contribution in [3.8, 4) is 11.5 Å². The maximum Gasteiger partial charge on any atom is 0.490 e. The molecule has 47 heavy (non-hydrogen) atoms. The molecule has 13 nitrogen and oxygen atoms in total. The number of alkyl halides is 3. The topological polar surface area (TPSA) is 158 Å². The largest absolute Gasteiger partial charge is 0.495 e. The highest BCUT2D eigenvalue weighted by Gasteiger charge is 2.38. The van der Waals surface area contributed by atoms with Crippen molar-refractivity contribution in [1.82, 2.24) is 14.9 Å². The SMILES string of the molecule is C=CC(=O)Nc1cc(CCN(C)C)ccc1Nc1cc(N(C)C(=O)Nc2c(Cl)c(OC)cc(OC)c2Cl)ncn1.O=C(O)C(F)(F)F. The zero-order valence-corrected chi connectivity index (χ0v) is 27.3. The monoisotopic (exact) mass is 701 g/mol. The predicted molar refractivity (Wildman–Crippen MR) is 174 cm³/mol. The lowest BCUT2D eigenvalue weighted by Crippen LogP contribution is -2.32. The van der Waals surface area contributed by atoms with Gasteiger partial charge in [0.15, 0.2) is 0 Å². The van der Waals surface area contributed by atoms with Crippen molar-refractivity contribution >= 4 is 69.8 Å². The second kappa shape index (κ2) is 17.2. The van der Waals surface area contributed by atoms with Crippen LogP contribution in [0, 0.1) is 0 Å². The van der Waals surface area contributed by atoms with Crippen molar-refractivity contribution in [3.05, 3.63) is 64.9 Å². The zero-order chi connectivity index (χ0) is 35.5. The number of carboxylic acid groups (broad SMARTS) is 1. The molecule has 4 N–H and O–H groups in total. The van der Waals surface area contributed by atoms with Crippen molar-refractivity contribution < 1.29 is 42.1 Å². The molecule has 0 atom stereocenters. The standard InChI is InChI=1S/C27H31Cl2N7O4.C2HF3O2/c1-7-23(37)33-18-12-16(10-11-35(2)3)8-9-17(18)32-21-14-22(31-15-30-21)36(4)27(38)34-26-24(28)19(39-5)13-20(40-6)25(26)29;3-2(4,5)1(6)7/h7-9,12-15H,1,10-11H2,2-6H3,(H,33,37)(H,34,38)(H,30,31,32);(H,6,7). The molecular formula is C29H32Cl2F3N7O6. The Hall–Kier alpha value is -4.80. The molecule has 0 saturated heterocycles. The molecular weight excluding hydrogens is 670 g/mol. The number of aliphatic carboxylic acids is 1. The number of aromatic nitrogens is 2. The molecule has 1 heterocycles. The minimum absolute atomic E-state index is 0.114. The number of halogens is 5. The molecule has 0 radical (unpaired) electrons. The molecule has 3 rings (SSSR count). The van der Waals surface area contributed by atoms with Crippen LogP contribution >= 0.6 is 23.2 Å². The fraction of sp³-hybridized carbons (Fsp3) is 0.276. The van der Waals surface area contributed by atoms with E-state index in [1.165, 1.54) is 44.6 Å². The van der Waals surface area contributed by atoms with E-state index in [9.17, 15) is 22.8 Å². The number of urea groups is 1. The van der Waals surface area contributed by atoms with Crippen molar-refractivity contribution in [2.45, 2.75) is 12.6 Å². The van der Waals surface area contributed by atoms with E-state index in [2.05, 4.69) is 37.4 Å². The van der Waals surface area contributed by atoms with Crippen LogP contribution in [0.2, 0.25) is 10.0 Å². The van der Waals surface area contributed by atoms with Gasteiger partial charge in [-0.25, -0.2) is 19.6 Å². The van der Waals surface area contributed by atoms with Crippen LogP contribution in [0.1, 0.15) is 5.56 Å². The van der Waals surface area contributed by atoms with Gasteiger partial charge in [0.25, 0.3) is 0 Å². The van der Waals surface area contributed by atoms with E-state index in [1.807, 2.05) is 32.3 Å². The summed E-state index contributed by atoms with van der Waals surface area (Å²) in [6, 6.07) is 8.23. The summed E-state index contributed by atoms with van der Waals surface area (Å²) >= 11 is 12.8. The first-order chi connectivity index (χ1) is 22.0. The number of likely N-dealkylation sites (N-methyl/N-ethyl adjacent to an activating group) is 1. The number of anilines is 5. The Labute approximate surface area is 278 Å². The first kappa shape index (κ1) is 38.4. The van der Waals surface area contributed by atoms with Gasteiger partial charge in [0.1, 0.15) is 39.5 Å². The number of hydrogen-bond donors (Lipinski definition) is 4.